The topological polar surface area (TPSA) is 121 Å². The summed E-state index contributed by atoms with van der Waals surface area (Å²) in [5.74, 6) is -1.02. The molecular formula is C21H16ClN3O5. The molecule has 8 nitrogen and oxygen atoms in total. The van der Waals surface area contributed by atoms with Gasteiger partial charge in [0.2, 0.25) is 5.91 Å². The van der Waals surface area contributed by atoms with Gasteiger partial charge in [0.05, 0.1) is 16.8 Å². The highest BCUT2D eigenvalue weighted by atomic mass is 35.5. The molecule has 0 aliphatic rings. The lowest BCUT2D eigenvalue weighted by atomic mass is 10.1. The number of amides is 2. The monoisotopic (exact) mass is 425 g/mol. The van der Waals surface area contributed by atoms with Crippen LogP contribution in [0.4, 0.5) is 5.69 Å². The molecule has 2 amide bonds. The number of nitrogens with one attached hydrogen (secondary N) is 2. The van der Waals surface area contributed by atoms with E-state index < -0.39 is 11.9 Å². The maximum absolute atomic E-state index is 12.1. The number of benzene rings is 2. The fourth-order valence-electron chi connectivity index (χ4n) is 2.54. The van der Waals surface area contributed by atoms with Crippen LogP contribution in [0.25, 0.3) is 11.3 Å². The minimum Gasteiger partial charge on any atom is -0.478 e. The zero-order valence-corrected chi connectivity index (χ0v) is 16.4. The van der Waals surface area contributed by atoms with Gasteiger partial charge in [-0.05, 0) is 54.6 Å². The van der Waals surface area contributed by atoms with Crippen molar-refractivity contribution in [3.63, 3.8) is 0 Å². The molecule has 0 saturated carbocycles. The lowest BCUT2D eigenvalue weighted by Gasteiger charge is -2.03. The van der Waals surface area contributed by atoms with E-state index in [-0.39, 0.29) is 11.5 Å². The van der Waals surface area contributed by atoms with Crippen LogP contribution in [-0.2, 0) is 4.79 Å². The van der Waals surface area contributed by atoms with Crippen LogP contribution >= 0.6 is 11.6 Å². The van der Waals surface area contributed by atoms with Crippen LogP contribution in [-0.4, -0.2) is 29.1 Å². The second kappa shape index (κ2) is 9.06. The fourth-order valence-corrected chi connectivity index (χ4v) is 2.75. The quantitative estimate of drug-likeness (QED) is 0.407. The first-order chi connectivity index (χ1) is 14.3. The number of anilines is 1. The minimum absolute atomic E-state index is 0.0813. The van der Waals surface area contributed by atoms with Crippen molar-refractivity contribution in [1.82, 2.24) is 5.43 Å². The summed E-state index contributed by atoms with van der Waals surface area (Å²) >= 11 is 6.13. The number of carbonyl (C=O) groups is 3. The van der Waals surface area contributed by atoms with Gasteiger partial charge in [-0.25, -0.2) is 10.2 Å². The molecule has 30 heavy (non-hydrogen) atoms. The maximum atomic E-state index is 12.1. The molecule has 1 aromatic heterocycles. The van der Waals surface area contributed by atoms with E-state index in [0.29, 0.717) is 33.4 Å². The largest absolute Gasteiger partial charge is 0.478 e. The summed E-state index contributed by atoms with van der Waals surface area (Å²) in [6, 6.07) is 13.8. The van der Waals surface area contributed by atoms with Gasteiger partial charge in [-0.1, -0.05) is 11.6 Å². The SMILES string of the molecule is CC(=O)Nc1ccc(C(=O)N/N=C\c2ccc(-c3cc(C(=O)O)ccc3Cl)o2)cc1. The fraction of sp³-hybridized carbons (Fsp3) is 0.0476. The predicted molar refractivity (Wildman–Crippen MR) is 112 cm³/mol. The molecule has 0 bridgehead atoms. The minimum atomic E-state index is -1.07. The Morgan fingerprint density at radius 3 is 2.40 bits per heavy atom. The average molecular weight is 426 g/mol. The Morgan fingerprint density at radius 2 is 1.73 bits per heavy atom. The van der Waals surface area contributed by atoms with Crippen molar-refractivity contribution in [1.29, 1.82) is 0 Å². The van der Waals surface area contributed by atoms with Gasteiger partial charge in [-0.2, -0.15) is 5.10 Å². The molecule has 0 saturated heterocycles. The number of hydrogen-bond acceptors (Lipinski definition) is 5. The van der Waals surface area contributed by atoms with Crippen molar-refractivity contribution in [3.8, 4) is 11.3 Å². The van der Waals surface area contributed by atoms with Crippen molar-refractivity contribution in [2.24, 2.45) is 5.10 Å². The molecule has 0 radical (unpaired) electrons. The molecule has 0 unspecified atom stereocenters. The normalized spacial score (nSPS) is 10.7. The van der Waals surface area contributed by atoms with Crippen LogP contribution in [0.1, 0.15) is 33.4 Å². The first-order valence-corrected chi connectivity index (χ1v) is 9.05. The molecule has 3 aromatic rings. The molecule has 152 valence electrons. The molecular weight excluding hydrogens is 410 g/mol. The summed E-state index contributed by atoms with van der Waals surface area (Å²) < 4.78 is 5.61. The van der Waals surface area contributed by atoms with E-state index in [0.717, 1.165) is 0 Å². The number of carboxylic acids is 1. The molecule has 9 heteroatoms. The molecule has 0 atom stereocenters. The van der Waals surface area contributed by atoms with Crippen molar-refractivity contribution in [3.05, 3.63) is 76.5 Å². The van der Waals surface area contributed by atoms with Crippen molar-refractivity contribution >= 4 is 41.3 Å². The van der Waals surface area contributed by atoms with E-state index in [4.69, 9.17) is 21.1 Å². The van der Waals surface area contributed by atoms with Crippen molar-refractivity contribution < 1.29 is 23.9 Å². The number of hydrogen-bond donors (Lipinski definition) is 3. The first kappa shape index (κ1) is 20.8. The van der Waals surface area contributed by atoms with Gasteiger partial charge < -0.3 is 14.8 Å². The molecule has 3 rings (SSSR count). The van der Waals surface area contributed by atoms with Crippen LogP contribution in [0.5, 0.6) is 0 Å². The number of furan rings is 1. The van der Waals surface area contributed by atoms with E-state index in [1.807, 2.05) is 0 Å². The molecule has 1 heterocycles. The van der Waals surface area contributed by atoms with Gasteiger partial charge in [-0.3, -0.25) is 9.59 Å². The third-order valence-corrected chi connectivity index (χ3v) is 4.26. The molecule has 0 spiro atoms. The van der Waals surface area contributed by atoms with Gasteiger partial charge >= 0.3 is 5.97 Å². The highest BCUT2D eigenvalue weighted by Crippen LogP contribution is 2.30. The lowest BCUT2D eigenvalue weighted by molar-refractivity contribution is -0.114. The second-order valence-electron chi connectivity index (χ2n) is 6.16. The van der Waals surface area contributed by atoms with E-state index in [2.05, 4.69) is 15.8 Å². The summed E-state index contributed by atoms with van der Waals surface area (Å²) in [5.41, 5.74) is 3.82. The highest BCUT2D eigenvalue weighted by molar-refractivity contribution is 6.33. The molecule has 0 aliphatic carbocycles. The third kappa shape index (κ3) is 5.12. The Kier molecular flexibility index (Phi) is 6.29. The number of carbonyl (C=O) groups excluding carboxylic acids is 2. The summed E-state index contributed by atoms with van der Waals surface area (Å²) in [6.07, 6.45) is 1.31. The van der Waals surface area contributed by atoms with Gasteiger partial charge in [0.1, 0.15) is 11.5 Å². The average Bonchev–Trinajstić information content (AvgIpc) is 3.16. The predicted octanol–water partition coefficient (Wildman–Crippen LogP) is 4.02. The Morgan fingerprint density at radius 1 is 1.03 bits per heavy atom. The zero-order valence-electron chi connectivity index (χ0n) is 15.7. The summed E-state index contributed by atoms with van der Waals surface area (Å²) in [5, 5.41) is 15.9. The summed E-state index contributed by atoms with van der Waals surface area (Å²) in [4.78, 5) is 34.3. The number of halogens is 1. The van der Waals surface area contributed by atoms with Crippen molar-refractivity contribution in [2.45, 2.75) is 6.92 Å². The third-order valence-electron chi connectivity index (χ3n) is 3.93. The van der Waals surface area contributed by atoms with E-state index in [9.17, 15) is 14.4 Å². The smallest absolute Gasteiger partial charge is 0.335 e. The van der Waals surface area contributed by atoms with Crippen LogP contribution < -0.4 is 10.7 Å². The molecule has 3 N–H and O–H groups in total. The molecule has 0 fully saturated rings. The Labute approximate surface area is 176 Å². The van der Waals surface area contributed by atoms with Crippen molar-refractivity contribution in [2.75, 3.05) is 5.32 Å². The second-order valence-corrected chi connectivity index (χ2v) is 6.57. The first-order valence-electron chi connectivity index (χ1n) is 8.67. The molecule has 2 aromatic carbocycles. The van der Waals surface area contributed by atoms with Crippen LogP contribution in [0.2, 0.25) is 5.02 Å². The van der Waals surface area contributed by atoms with E-state index in [1.54, 1.807) is 36.4 Å². The number of hydrazone groups is 1. The van der Waals surface area contributed by atoms with Gasteiger partial charge in [-0.15, -0.1) is 0 Å². The lowest BCUT2D eigenvalue weighted by Crippen LogP contribution is -2.17. The standard InChI is InChI=1S/C21H16ClN3O5/c1-12(26)24-15-5-2-13(3-6-15)20(27)25-23-11-16-7-9-19(30-16)17-10-14(21(28)29)4-8-18(17)22/h2-11H,1H3,(H,24,26)(H,25,27)(H,28,29)/b23-11-. The zero-order chi connectivity index (χ0) is 21.7. The number of rotatable bonds is 6. The summed E-state index contributed by atoms with van der Waals surface area (Å²) in [7, 11) is 0. The Balaban J connectivity index is 1.66. The maximum Gasteiger partial charge on any atom is 0.335 e. The number of nitrogens with zero attached hydrogens (tertiary/aromatic N) is 1. The highest BCUT2D eigenvalue weighted by Gasteiger charge is 2.12. The van der Waals surface area contributed by atoms with Crippen LogP contribution in [0.3, 0.4) is 0 Å². The van der Waals surface area contributed by atoms with Crippen LogP contribution in [0.15, 0.2) is 64.1 Å². The Bertz CT molecular complexity index is 1140. The summed E-state index contributed by atoms with van der Waals surface area (Å²) in [6.45, 7) is 1.40. The van der Waals surface area contributed by atoms with Crippen LogP contribution in [0, 0.1) is 0 Å². The van der Waals surface area contributed by atoms with E-state index in [1.165, 1.54) is 31.3 Å². The number of aromatic carboxylic acids is 1. The van der Waals surface area contributed by atoms with E-state index >= 15 is 0 Å². The van der Waals surface area contributed by atoms with Gasteiger partial charge in [0, 0.05) is 23.7 Å². The van der Waals surface area contributed by atoms with Gasteiger partial charge in [0.15, 0.2) is 0 Å². The van der Waals surface area contributed by atoms with Gasteiger partial charge in [0.25, 0.3) is 5.91 Å². The Hall–Kier alpha value is -3.91. The number of carboxylic acid groups (broad SMARTS) is 1. The molecule has 0 aliphatic heterocycles.